The Labute approximate surface area is 173 Å². The van der Waals surface area contributed by atoms with Gasteiger partial charge in [0.25, 0.3) is 0 Å². The first-order valence-electron chi connectivity index (χ1n) is 9.53. The summed E-state index contributed by atoms with van der Waals surface area (Å²) in [6.07, 6.45) is 4.54. The highest BCUT2D eigenvalue weighted by Crippen LogP contribution is 2.46. The van der Waals surface area contributed by atoms with E-state index in [0.29, 0.717) is 33.8 Å². The first-order chi connectivity index (χ1) is 13.5. The normalized spacial score (nSPS) is 22.2. The third-order valence-corrected chi connectivity index (χ3v) is 5.96. The smallest absolute Gasteiger partial charge is 0.404 e. The molecule has 1 aromatic heterocycles. The van der Waals surface area contributed by atoms with Gasteiger partial charge in [-0.2, -0.15) is 0 Å². The molecular formula is C20H22Cl2N2O4. The van der Waals surface area contributed by atoms with E-state index in [1.807, 2.05) is 0 Å². The lowest BCUT2D eigenvalue weighted by molar-refractivity contribution is -0.0158. The number of hydrogen-bond acceptors (Lipinski definition) is 5. The van der Waals surface area contributed by atoms with Crippen LogP contribution in [0, 0.1) is 0 Å². The number of halogens is 2. The molecule has 0 bridgehead atoms. The molecule has 2 aromatic rings. The van der Waals surface area contributed by atoms with Gasteiger partial charge in [-0.25, -0.2) is 4.79 Å². The number of ether oxygens (including phenoxy) is 2. The lowest BCUT2D eigenvalue weighted by Gasteiger charge is -2.27. The van der Waals surface area contributed by atoms with Crippen molar-refractivity contribution in [3.05, 3.63) is 39.6 Å². The van der Waals surface area contributed by atoms with Crippen molar-refractivity contribution in [3.8, 4) is 11.3 Å². The zero-order valence-electron chi connectivity index (χ0n) is 15.3. The second-order valence-corrected chi connectivity index (χ2v) is 8.21. The van der Waals surface area contributed by atoms with E-state index in [0.717, 1.165) is 49.8 Å². The minimum absolute atomic E-state index is 0.0873. The quantitative estimate of drug-likeness (QED) is 0.665. The van der Waals surface area contributed by atoms with Crippen LogP contribution >= 0.6 is 23.2 Å². The van der Waals surface area contributed by atoms with E-state index in [-0.39, 0.29) is 12.2 Å². The van der Waals surface area contributed by atoms with Gasteiger partial charge in [0, 0.05) is 17.0 Å². The molecule has 0 atom stereocenters. The monoisotopic (exact) mass is 424 g/mol. The molecule has 4 rings (SSSR count). The van der Waals surface area contributed by atoms with Gasteiger partial charge in [0.15, 0.2) is 0 Å². The van der Waals surface area contributed by atoms with Crippen molar-refractivity contribution in [2.75, 3.05) is 0 Å². The Balaban J connectivity index is 1.49. The van der Waals surface area contributed by atoms with E-state index in [1.165, 1.54) is 0 Å². The maximum Gasteiger partial charge on any atom is 0.404 e. The fourth-order valence-corrected chi connectivity index (χ4v) is 4.31. The second-order valence-electron chi connectivity index (χ2n) is 7.39. The van der Waals surface area contributed by atoms with E-state index in [1.54, 1.807) is 18.2 Å². The number of benzene rings is 1. The number of aromatic nitrogens is 1. The first-order valence-corrected chi connectivity index (χ1v) is 10.3. The third kappa shape index (κ3) is 4.29. The molecular weight excluding hydrogens is 403 g/mol. The Bertz CT molecular complexity index is 838. The molecule has 1 aromatic carbocycles. The van der Waals surface area contributed by atoms with Crippen molar-refractivity contribution in [3.63, 3.8) is 0 Å². The topological polar surface area (TPSA) is 87.6 Å². The Hall–Kier alpha value is -1.76. The molecule has 2 aliphatic rings. The number of nitrogens with two attached hydrogens (primary N) is 1. The second kappa shape index (κ2) is 8.31. The van der Waals surface area contributed by atoms with Gasteiger partial charge in [-0.15, -0.1) is 0 Å². The third-order valence-electron chi connectivity index (χ3n) is 5.33. The molecule has 0 aliphatic heterocycles. The van der Waals surface area contributed by atoms with E-state index >= 15 is 0 Å². The summed E-state index contributed by atoms with van der Waals surface area (Å²) in [5.74, 6) is 1.26. The standard InChI is InChI=1S/C20H22Cl2N2O4/c21-15-2-1-3-16(22)17(15)18-14(19(28-24-18)11-4-5-11)10-26-12-6-8-13(9-7-12)27-20(23)25/h1-3,11-13H,4-10H2,(H2,23,25)/t12-,13+. The van der Waals surface area contributed by atoms with Crippen LogP contribution in [0.2, 0.25) is 10.0 Å². The molecule has 0 unspecified atom stereocenters. The first kappa shape index (κ1) is 19.6. The van der Waals surface area contributed by atoms with Crippen LogP contribution in [0.3, 0.4) is 0 Å². The van der Waals surface area contributed by atoms with E-state index in [2.05, 4.69) is 5.16 Å². The van der Waals surface area contributed by atoms with Gasteiger partial charge in [0.05, 0.1) is 22.8 Å². The predicted octanol–water partition coefficient (Wildman–Crippen LogP) is 5.45. The summed E-state index contributed by atoms with van der Waals surface area (Å²) < 4.78 is 16.9. The largest absolute Gasteiger partial charge is 0.446 e. The van der Waals surface area contributed by atoms with Crippen LogP contribution in [0.4, 0.5) is 4.79 Å². The van der Waals surface area contributed by atoms with Gasteiger partial charge in [-0.3, -0.25) is 0 Å². The summed E-state index contributed by atoms with van der Waals surface area (Å²) in [5.41, 5.74) is 7.36. The van der Waals surface area contributed by atoms with Crippen molar-refractivity contribution in [2.45, 2.75) is 63.3 Å². The predicted molar refractivity (Wildman–Crippen MR) is 105 cm³/mol. The summed E-state index contributed by atoms with van der Waals surface area (Å²) in [7, 11) is 0. The van der Waals surface area contributed by atoms with Gasteiger partial charge in [0.2, 0.25) is 0 Å². The van der Waals surface area contributed by atoms with Crippen LogP contribution in [0.5, 0.6) is 0 Å². The van der Waals surface area contributed by atoms with Crippen LogP contribution in [0.25, 0.3) is 11.3 Å². The molecule has 2 aliphatic carbocycles. The molecule has 0 radical (unpaired) electrons. The Morgan fingerprint density at radius 2 is 1.75 bits per heavy atom. The van der Waals surface area contributed by atoms with Gasteiger partial charge < -0.3 is 19.7 Å². The van der Waals surface area contributed by atoms with Gasteiger partial charge >= 0.3 is 6.09 Å². The summed E-state index contributed by atoms with van der Waals surface area (Å²) in [4.78, 5) is 10.9. The number of carbonyl (C=O) groups excluding carboxylic acids is 1. The summed E-state index contributed by atoms with van der Waals surface area (Å²) in [6.45, 7) is 0.387. The summed E-state index contributed by atoms with van der Waals surface area (Å²) in [5, 5.41) is 5.35. The van der Waals surface area contributed by atoms with Crippen molar-refractivity contribution >= 4 is 29.3 Å². The number of nitrogens with zero attached hydrogens (tertiary/aromatic N) is 1. The van der Waals surface area contributed by atoms with Crippen LogP contribution < -0.4 is 5.73 Å². The van der Waals surface area contributed by atoms with Gasteiger partial charge in [0.1, 0.15) is 17.6 Å². The highest BCUT2D eigenvalue weighted by molar-refractivity contribution is 6.39. The highest BCUT2D eigenvalue weighted by Gasteiger charge is 2.34. The SMILES string of the molecule is NC(=O)O[C@H]1CC[C@@H](OCc2c(-c3c(Cl)cccc3Cl)noc2C2CC2)CC1. The molecule has 2 saturated carbocycles. The lowest BCUT2D eigenvalue weighted by Crippen LogP contribution is -2.30. The number of rotatable bonds is 6. The minimum Gasteiger partial charge on any atom is -0.446 e. The lowest BCUT2D eigenvalue weighted by atomic mass is 9.95. The van der Waals surface area contributed by atoms with Crippen LogP contribution in [0.1, 0.15) is 55.8 Å². The molecule has 0 spiro atoms. The zero-order valence-corrected chi connectivity index (χ0v) is 16.8. The molecule has 1 heterocycles. The highest BCUT2D eigenvalue weighted by atomic mass is 35.5. The number of primary amides is 1. The molecule has 8 heteroatoms. The van der Waals surface area contributed by atoms with Crippen molar-refractivity contribution in [2.24, 2.45) is 5.73 Å². The number of amides is 1. The fourth-order valence-electron chi connectivity index (χ4n) is 3.73. The minimum atomic E-state index is -0.718. The van der Waals surface area contributed by atoms with E-state index < -0.39 is 6.09 Å². The molecule has 150 valence electrons. The van der Waals surface area contributed by atoms with E-state index in [9.17, 15) is 4.79 Å². The Morgan fingerprint density at radius 1 is 1.11 bits per heavy atom. The fraction of sp³-hybridized carbons (Fsp3) is 0.500. The van der Waals surface area contributed by atoms with E-state index in [4.69, 9.17) is 42.9 Å². The van der Waals surface area contributed by atoms with Crippen molar-refractivity contribution < 1.29 is 18.8 Å². The van der Waals surface area contributed by atoms with Gasteiger partial charge in [-0.05, 0) is 50.7 Å². The molecule has 1 amide bonds. The Morgan fingerprint density at radius 3 is 2.36 bits per heavy atom. The average molecular weight is 425 g/mol. The van der Waals surface area contributed by atoms with Crippen LogP contribution in [-0.4, -0.2) is 23.5 Å². The Kier molecular flexibility index (Phi) is 5.80. The molecule has 2 fully saturated rings. The van der Waals surface area contributed by atoms with Crippen molar-refractivity contribution in [1.82, 2.24) is 5.16 Å². The van der Waals surface area contributed by atoms with Crippen LogP contribution in [-0.2, 0) is 16.1 Å². The van der Waals surface area contributed by atoms with Gasteiger partial charge in [-0.1, -0.05) is 34.4 Å². The van der Waals surface area contributed by atoms with Crippen molar-refractivity contribution in [1.29, 1.82) is 0 Å². The number of hydrogen-bond donors (Lipinski definition) is 1. The molecule has 0 saturated heterocycles. The van der Waals surface area contributed by atoms with Crippen LogP contribution in [0.15, 0.2) is 22.7 Å². The zero-order chi connectivity index (χ0) is 19.7. The molecule has 28 heavy (non-hydrogen) atoms. The maximum absolute atomic E-state index is 10.9. The molecule has 2 N–H and O–H groups in total. The summed E-state index contributed by atoms with van der Waals surface area (Å²) in [6, 6.07) is 5.39. The number of carbonyl (C=O) groups is 1. The average Bonchev–Trinajstić information content (AvgIpc) is 3.42. The summed E-state index contributed by atoms with van der Waals surface area (Å²) >= 11 is 12.8. The molecule has 6 nitrogen and oxygen atoms in total. The maximum atomic E-state index is 10.9.